The van der Waals surface area contributed by atoms with Crippen LogP contribution in [0, 0.1) is 13.8 Å². The number of nitrogens with two attached hydrogens (primary N) is 1. The Bertz CT molecular complexity index is 482. The molecule has 4 nitrogen and oxygen atoms in total. The van der Waals surface area contributed by atoms with Gasteiger partial charge in [0.2, 0.25) is 0 Å². The van der Waals surface area contributed by atoms with E-state index in [4.69, 9.17) is 5.73 Å². The number of nitrogens with zero attached hydrogens (tertiary/aromatic N) is 3. The van der Waals surface area contributed by atoms with E-state index in [1.807, 2.05) is 24.7 Å². The first-order valence-corrected chi connectivity index (χ1v) is 4.81. The Morgan fingerprint density at radius 2 is 2.00 bits per heavy atom. The van der Waals surface area contributed by atoms with Crippen molar-refractivity contribution in [1.82, 2.24) is 14.8 Å². The second-order valence-electron chi connectivity index (χ2n) is 3.65. The summed E-state index contributed by atoms with van der Waals surface area (Å²) in [4.78, 5) is 4.08. The predicted molar refractivity (Wildman–Crippen MR) is 60.3 cm³/mol. The minimum absolute atomic E-state index is 0.537. The molecular weight excluding hydrogens is 188 g/mol. The van der Waals surface area contributed by atoms with Crippen molar-refractivity contribution in [2.24, 2.45) is 7.05 Å². The van der Waals surface area contributed by atoms with Crippen molar-refractivity contribution in [3.05, 3.63) is 29.6 Å². The molecule has 0 saturated carbocycles. The third-order valence-electron chi connectivity index (χ3n) is 2.58. The molecule has 2 heterocycles. The quantitative estimate of drug-likeness (QED) is 0.765. The maximum Gasteiger partial charge on any atom is 0.123 e. The van der Waals surface area contributed by atoms with Crippen molar-refractivity contribution in [3.8, 4) is 11.3 Å². The van der Waals surface area contributed by atoms with Crippen LogP contribution in [0.4, 0.5) is 5.82 Å². The SMILES string of the molecule is Cc1nn(C)c(-c2ccc(N)nc2)c1C. The first-order valence-electron chi connectivity index (χ1n) is 4.81. The summed E-state index contributed by atoms with van der Waals surface area (Å²) in [6.07, 6.45) is 1.78. The number of anilines is 1. The Hall–Kier alpha value is -1.84. The van der Waals surface area contributed by atoms with Crippen LogP contribution in [0.25, 0.3) is 11.3 Å². The van der Waals surface area contributed by atoms with Crippen molar-refractivity contribution in [1.29, 1.82) is 0 Å². The fourth-order valence-corrected chi connectivity index (χ4v) is 1.71. The van der Waals surface area contributed by atoms with E-state index in [0.717, 1.165) is 17.0 Å². The van der Waals surface area contributed by atoms with Crippen molar-refractivity contribution in [3.63, 3.8) is 0 Å². The molecule has 2 rings (SSSR count). The lowest BCUT2D eigenvalue weighted by molar-refractivity contribution is 0.764. The number of rotatable bonds is 1. The molecule has 0 amide bonds. The van der Waals surface area contributed by atoms with E-state index < -0.39 is 0 Å². The topological polar surface area (TPSA) is 56.7 Å². The first-order chi connectivity index (χ1) is 7.09. The molecule has 78 valence electrons. The van der Waals surface area contributed by atoms with Crippen LogP contribution in [0.1, 0.15) is 11.3 Å². The fourth-order valence-electron chi connectivity index (χ4n) is 1.71. The van der Waals surface area contributed by atoms with Crippen LogP contribution in [0.5, 0.6) is 0 Å². The third-order valence-corrected chi connectivity index (χ3v) is 2.58. The minimum atomic E-state index is 0.537. The van der Waals surface area contributed by atoms with Crippen LogP contribution < -0.4 is 5.73 Å². The van der Waals surface area contributed by atoms with E-state index in [1.165, 1.54) is 5.56 Å². The zero-order valence-electron chi connectivity index (χ0n) is 9.15. The second-order valence-corrected chi connectivity index (χ2v) is 3.65. The number of nitrogen functional groups attached to an aromatic ring is 1. The number of hydrogen-bond acceptors (Lipinski definition) is 3. The summed E-state index contributed by atoms with van der Waals surface area (Å²) in [5.41, 5.74) is 9.93. The number of aryl methyl sites for hydroxylation is 2. The Labute approximate surface area is 88.8 Å². The van der Waals surface area contributed by atoms with Gasteiger partial charge in [-0.2, -0.15) is 5.10 Å². The normalized spacial score (nSPS) is 10.6. The van der Waals surface area contributed by atoms with Gasteiger partial charge >= 0.3 is 0 Å². The summed E-state index contributed by atoms with van der Waals surface area (Å²) in [7, 11) is 1.94. The molecule has 2 N–H and O–H groups in total. The monoisotopic (exact) mass is 202 g/mol. The summed E-state index contributed by atoms with van der Waals surface area (Å²) >= 11 is 0. The van der Waals surface area contributed by atoms with Crippen LogP contribution in [-0.4, -0.2) is 14.8 Å². The zero-order chi connectivity index (χ0) is 11.0. The molecule has 0 unspecified atom stereocenters. The zero-order valence-corrected chi connectivity index (χ0v) is 9.15. The number of aromatic nitrogens is 3. The lowest BCUT2D eigenvalue weighted by Gasteiger charge is -2.03. The minimum Gasteiger partial charge on any atom is -0.384 e. The van der Waals surface area contributed by atoms with Gasteiger partial charge in [0.05, 0.1) is 11.4 Å². The van der Waals surface area contributed by atoms with Crippen molar-refractivity contribution in [2.45, 2.75) is 13.8 Å². The van der Waals surface area contributed by atoms with Gasteiger partial charge in [0, 0.05) is 18.8 Å². The van der Waals surface area contributed by atoms with Gasteiger partial charge in [0.15, 0.2) is 0 Å². The molecule has 2 aromatic rings. The molecule has 0 saturated heterocycles. The van der Waals surface area contributed by atoms with Crippen LogP contribution >= 0.6 is 0 Å². The number of pyridine rings is 1. The van der Waals surface area contributed by atoms with Crippen LogP contribution in [-0.2, 0) is 7.05 Å². The summed E-state index contributed by atoms with van der Waals surface area (Å²) in [5.74, 6) is 0.537. The van der Waals surface area contributed by atoms with Gasteiger partial charge in [-0.25, -0.2) is 4.98 Å². The average Bonchev–Trinajstić information content (AvgIpc) is 2.44. The van der Waals surface area contributed by atoms with E-state index in [1.54, 1.807) is 12.3 Å². The molecule has 0 spiro atoms. The molecular formula is C11H14N4. The Morgan fingerprint density at radius 3 is 2.47 bits per heavy atom. The molecule has 0 aromatic carbocycles. The van der Waals surface area contributed by atoms with Gasteiger partial charge in [0.25, 0.3) is 0 Å². The Kier molecular flexibility index (Phi) is 2.19. The molecule has 0 aliphatic heterocycles. The highest BCUT2D eigenvalue weighted by molar-refractivity contribution is 5.64. The van der Waals surface area contributed by atoms with E-state index >= 15 is 0 Å². The maximum absolute atomic E-state index is 5.55. The number of hydrogen-bond donors (Lipinski definition) is 1. The molecule has 15 heavy (non-hydrogen) atoms. The largest absolute Gasteiger partial charge is 0.384 e. The molecule has 0 radical (unpaired) electrons. The highest BCUT2D eigenvalue weighted by atomic mass is 15.3. The molecule has 4 heteroatoms. The highest BCUT2D eigenvalue weighted by Gasteiger charge is 2.10. The smallest absolute Gasteiger partial charge is 0.123 e. The van der Waals surface area contributed by atoms with E-state index in [9.17, 15) is 0 Å². The lowest BCUT2D eigenvalue weighted by Crippen LogP contribution is -1.96. The van der Waals surface area contributed by atoms with E-state index in [-0.39, 0.29) is 0 Å². The average molecular weight is 202 g/mol. The van der Waals surface area contributed by atoms with Crippen molar-refractivity contribution < 1.29 is 0 Å². The maximum atomic E-state index is 5.55. The van der Waals surface area contributed by atoms with Gasteiger partial charge < -0.3 is 5.73 Å². The van der Waals surface area contributed by atoms with Crippen LogP contribution in [0.15, 0.2) is 18.3 Å². The fraction of sp³-hybridized carbons (Fsp3) is 0.273. The summed E-state index contributed by atoms with van der Waals surface area (Å²) in [5, 5.41) is 4.37. The van der Waals surface area contributed by atoms with Gasteiger partial charge in [-0.1, -0.05) is 0 Å². The molecule has 0 fully saturated rings. The lowest BCUT2D eigenvalue weighted by atomic mass is 10.1. The summed E-state index contributed by atoms with van der Waals surface area (Å²) < 4.78 is 1.87. The molecule has 0 aliphatic rings. The van der Waals surface area contributed by atoms with Gasteiger partial charge in [0.1, 0.15) is 5.82 Å². The highest BCUT2D eigenvalue weighted by Crippen LogP contribution is 2.24. The Balaban J connectivity index is 2.58. The van der Waals surface area contributed by atoms with Gasteiger partial charge in [-0.3, -0.25) is 4.68 Å². The van der Waals surface area contributed by atoms with E-state index in [2.05, 4.69) is 17.0 Å². The second kappa shape index (κ2) is 3.38. The standard InChI is InChI=1S/C11H14N4/c1-7-8(2)14-15(3)11(7)9-4-5-10(12)13-6-9/h4-6H,1-3H3,(H2,12,13). The Morgan fingerprint density at radius 1 is 1.27 bits per heavy atom. The van der Waals surface area contributed by atoms with Crippen molar-refractivity contribution in [2.75, 3.05) is 5.73 Å². The van der Waals surface area contributed by atoms with Crippen LogP contribution in [0.2, 0.25) is 0 Å². The predicted octanol–water partition coefficient (Wildman–Crippen LogP) is 1.68. The van der Waals surface area contributed by atoms with E-state index in [0.29, 0.717) is 5.82 Å². The third kappa shape index (κ3) is 1.58. The molecule has 0 atom stereocenters. The van der Waals surface area contributed by atoms with Gasteiger partial charge in [-0.15, -0.1) is 0 Å². The van der Waals surface area contributed by atoms with Crippen molar-refractivity contribution >= 4 is 5.82 Å². The molecule has 2 aromatic heterocycles. The summed E-state index contributed by atoms with van der Waals surface area (Å²) in [6, 6.07) is 3.77. The summed E-state index contributed by atoms with van der Waals surface area (Å²) in [6.45, 7) is 4.07. The first kappa shape index (κ1) is 9.71. The molecule has 0 bridgehead atoms. The molecule has 0 aliphatic carbocycles. The van der Waals surface area contributed by atoms with Crippen LogP contribution in [0.3, 0.4) is 0 Å². The van der Waals surface area contributed by atoms with Gasteiger partial charge in [-0.05, 0) is 31.5 Å².